The normalized spacial score (nSPS) is 16.1. The van der Waals surface area contributed by atoms with Crippen molar-refractivity contribution >= 4 is 11.9 Å². The number of rotatable bonds is 6. The molecule has 0 radical (unpaired) electrons. The topological polar surface area (TPSA) is 52.6 Å². The summed E-state index contributed by atoms with van der Waals surface area (Å²) in [5.41, 5.74) is 0.207. The molecule has 92 valence electrons. The number of hydrogen-bond acceptors (Lipinski definition) is 4. The van der Waals surface area contributed by atoms with Crippen LogP contribution in [0.1, 0.15) is 13.8 Å². The third-order valence-corrected chi connectivity index (χ3v) is 2.51. The van der Waals surface area contributed by atoms with Crippen molar-refractivity contribution in [1.29, 1.82) is 0 Å². The molecule has 1 rings (SSSR count). The molecule has 0 aromatic heterocycles. The van der Waals surface area contributed by atoms with Crippen molar-refractivity contribution in [2.45, 2.75) is 13.8 Å². The maximum Gasteiger partial charge on any atom is 0.335 e. The molecule has 0 N–H and O–H groups in total. The summed E-state index contributed by atoms with van der Waals surface area (Å²) in [6.07, 6.45) is 2.95. The van der Waals surface area contributed by atoms with Gasteiger partial charge in [0.1, 0.15) is 13.2 Å². The molecule has 4 nitrogen and oxygen atoms in total. The first-order valence-electron chi connectivity index (χ1n) is 5.28. The van der Waals surface area contributed by atoms with Gasteiger partial charge >= 0.3 is 11.9 Å². The third kappa shape index (κ3) is 2.64. The Bertz CT molecular complexity index is 366. The van der Waals surface area contributed by atoms with E-state index in [-0.39, 0.29) is 13.2 Å². The van der Waals surface area contributed by atoms with Crippen LogP contribution >= 0.6 is 0 Å². The Hall–Kier alpha value is -1.84. The Morgan fingerprint density at radius 3 is 1.71 bits per heavy atom. The summed E-state index contributed by atoms with van der Waals surface area (Å²) in [5, 5.41) is 0. The molecule has 0 bridgehead atoms. The molecule has 1 aliphatic rings. The third-order valence-electron chi connectivity index (χ3n) is 2.51. The number of carbonyl (C=O) groups is 2. The fraction of sp³-hybridized carbons (Fsp3) is 0.385. The van der Waals surface area contributed by atoms with Gasteiger partial charge in [-0.3, -0.25) is 0 Å². The molecular weight excluding hydrogens is 220 g/mol. The molecule has 4 heteroatoms. The van der Waals surface area contributed by atoms with Gasteiger partial charge in [0.15, 0.2) is 0 Å². The van der Waals surface area contributed by atoms with E-state index in [9.17, 15) is 9.59 Å². The van der Waals surface area contributed by atoms with E-state index in [1.807, 2.05) is 0 Å². The van der Waals surface area contributed by atoms with Crippen LogP contribution in [0.25, 0.3) is 0 Å². The second kappa shape index (κ2) is 4.99. The summed E-state index contributed by atoms with van der Waals surface area (Å²) in [6.45, 7) is 10.7. The van der Waals surface area contributed by atoms with Crippen molar-refractivity contribution < 1.29 is 19.1 Å². The van der Waals surface area contributed by atoms with E-state index in [2.05, 4.69) is 13.2 Å². The molecule has 0 spiro atoms. The van der Waals surface area contributed by atoms with Crippen molar-refractivity contribution in [2.24, 2.45) is 5.41 Å². The van der Waals surface area contributed by atoms with Crippen LogP contribution in [0, 0.1) is 5.41 Å². The van der Waals surface area contributed by atoms with Gasteiger partial charge in [-0.2, -0.15) is 0 Å². The van der Waals surface area contributed by atoms with E-state index in [0.717, 1.165) is 0 Å². The predicted octanol–water partition coefficient (Wildman–Crippen LogP) is 1.78. The lowest BCUT2D eigenvalue weighted by molar-refractivity contribution is -0.139. The van der Waals surface area contributed by atoms with Gasteiger partial charge in [-0.1, -0.05) is 39.2 Å². The summed E-state index contributed by atoms with van der Waals surface area (Å²) in [4.78, 5) is 23.2. The zero-order valence-corrected chi connectivity index (χ0v) is 10.1. The monoisotopic (exact) mass is 236 g/mol. The molecule has 0 aromatic carbocycles. The van der Waals surface area contributed by atoms with Crippen LogP contribution in [0.2, 0.25) is 0 Å². The Balaban J connectivity index is 2.72. The van der Waals surface area contributed by atoms with Crippen molar-refractivity contribution in [2.75, 3.05) is 13.2 Å². The van der Waals surface area contributed by atoms with Crippen molar-refractivity contribution in [3.05, 3.63) is 36.5 Å². The van der Waals surface area contributed by atoms with E-state index in [1.165, 1.54) is 12.2 Å². The van der Waals surface area contributed by atoms with Gasteiger partial charge in [0.25, 0.3) is 0 Å². The molecule has 0 amide bonds. The van der Waals surface area contributed by atoms with Gasteiger partial charge in [-0.15, -0.1) is 0 Å². The molecule has 0 heterocycles. The summed E-state index contributed by atoms with van der Waals surface area (Å²) >= 11 is 0. The number of carbonyl (C=O) groups excluding carboxylic acids is 2. The van der Waals surface area contributed by atoms with Gasteiger partial charge in [0, 0.05) is 5.41 Å². The fourth-order valence-electron chi connectivity index (χ4n) is 1.60. The lowest BCUT2D eigenvalue weighted by Crippen LogP contribution is -2.09. The van der Waals surface area contributed by atoms with Crippen LogP contribution in [0.15, 0.2) is 36.5 Å². The Morgan fingerprint density at radius 1 is 1.06 bits per heavy atom. The number of hydrogen-bond donors (Lipinski definition) is 0. The highest BCUT2D eigenvalue weighted by molar-refractivity contribution is 6.11. The van der Waals surface area contributed by atoms with Gasteiger partial charge in [0.2, 0.25) is 0 Å². The maximum absolute atomic E-state index is 11.6. The highest BCUT2D eigenvalue weighted by Crippen LogP contribution is 2.52. The quantitative estimate of drug-likeness (QED) is 0.521. The van der Waals surface area contributed by atoms with E-state index < -0.39 is 17.4 Å². The molecule has 0 saturated carbocycles. The molecule has 0 atom stereocenters. The number of ether oxygens (including phenoxy) is 2. The van der Waals surface area contributed by atoms with Gasteiger partial charge in [0.05, 0.1) is 11.1 Å². The first-order valence-corrected chi connectivity index (χ1v) is 5.28. The average molecular weight is 236 g/mol. The largest absolute Gasteiger partial charge is 0.458 e. The Kier molecular flexibility index (Phi) is 3.89. The predicted molar refractivity (Wildman–Crippen MR) is 63.1 cm³/mol. The minimum absolute atomic E-state index is 0.132. The first-order chi connectivity index (χ1) is 7.96. The van der Waals surface area contributed by atoms with Crippen molar-refractivity contribution in [3.8, 4) is 0 Å². The molecule has 0 aromatic rings. The fourth-order valence-corrected chi connectivity index (χ4v) is 1.60. The zero-order chi connectivity index (χ0) is 13.1. The summed E-state index contributed by atoms with van der Waals surface area (Å²) in [5.74, 6) is -0.971. The van der Waals surface area contributed by atoms with Crippen molar-refractivity contribution in [1.82, 2.24) is 0 Å². The lowest BCUT2D eigenvalue weighted by Gasteiger charge is -2.04. The summed E-state index contributed by atoms with van der Waals surface area (Å²) < 4.78 is 9.79. The van der Waals surface area contributed by atoms with Crippen LogP contribution < -0.4 is 0 Å². The maximum atomic E-state index is 11.6. The van der Waals surface area contributed by atoms with Gasteiger partial charge in [-0.05, 0) is 0 Å². The highest BCUT2D eigenvalue weighted by atomic mass is 16.5. The van der Waals surface area contributed by atoms with E-state index in [0.29, 0.717) is 11.1 Å². The van der Waals surface area contributed by atoms with Gasteiger partial charge < -0.3 is 9.47 Å². The van der Waals surface area contributed by atoms with E-state index >= 15 is 0 Å². The second-order valence-corrected chi connectivity index (χ2v) is 4.15. The average Bonchev–Trinajstić information content (AvgIpc) is 2.86. The summed E-state index contributed by atoms with van der Waals surface area (Å²) in [6, 6.07) is 0. The second-order valence-electron chi connectivity index (χ2n) is 4.15. The van der Waals surface area contributed by atoms with Gasteiger partial charge in [-0.25, -0.2) is 9.59 Å². The van der Waals surface area contributed by atoms with Crippen LogP contribution in [0.5, 0.6) is 0 Å². The molecule has 1 aliphatic carbocycles. The lowest BCUT2D eigenvalue weighted by atomic mass is 10.0. The van der Waals surface area contributed by atoms with Crippen LogP contribution in [0.3, 0.4) is 0 Å². The smallest absolute Gasteiger partial charge is 0.335 e. The molecule has 17 heavy (non-hydrogen) atoms. The van der Waals surface area contributed by atoms with Crippen LogP contribution in [-0.2, 0) is 19.1 Å². The molecule has 0 unspecified atom stereocenters. The molecule has 0 aliphatic heterocycles. The standard InChI is InChI=1S/C13H16O4/c1-5-7-16-11(14)9-10(13(9,3)4)12(15)17-8-6-2/h5-6H,1-2,7-8H2,3-4H3. The SMILES string of the molecule is C=CCOC(=O)C1=C(C(=O)OCC=C)C1(C)C. The molecule has 0 saturated heterocycles. The Morgan fingerprint density at radius 2 is 1.41 bits per heavy atom. The highest BCUT2D eigenvalue weighted by Gasteiger charge is 2.54. The molecular formula is C13H16O4. The van der Waals surface area contributed by atoms with E-state index in [4.69, 9.17) is 9.47 Å². The van der Waals surface area contributed by atoms with Crippen LogP contribution in [-0.4, -0.2) is 25.2 Å². The molecule has 0 fully saturated rings. The minimum Gasteiger partial charge on any atom is -0.458 e. The zero-order valence-electron chi connectivity index (χ0n) is 10.1. The van der Waals surface area contributed by atoms with E-state index in [1.54, 1.807) is 13.8 Å². The summed E-state index contributed by atoms with van der Waals surface area (Å²) in [7, 11) is 0. The minimum atomic E-state index is -0.559. The Labute approximate surface area is 101 Å². The first kappa shape index (κ1) is 13.2. The number of esters is 2. The van der Waals surface area contributed by atoms with Crippen LogP contribution in [0.4, 0.5) is 0 Å². The van der Waals surface area contributed by atoms with Crippen molar-refractivity contribution in [3.63, 3.8) is 0 Å².